The monoisotopic (exact) mass is 363 g/mol. The number of para-hydroxylation sites is 1. The third-order valence-electron chi connectivity index (χ3n) is 4.26. The van der Waals surface area contributed by atoms with E-state index in [0.29, 0.717) is 5.75 Å². The van der Waals surface area contributed by atoms with Crippen molar-refractivity contribution >= 4 is 23.9 Å². The van der Waals surface area contributed by atoms with Crippen LogP contribution in [0, 0.1) is 0 Å². The number of aliphatic carboxylic acids is 1. The maximum atomic E-state index is 12.3. The third kappa shape index (κ3) is 3.01. The van der Waals surface area contributed by atoms with Crippen molar-refractivity contribution in [3.63, 3.8) is 0 Å². The number of β-lactam (4-membered cyclic amide) rings is 1. The zero-order valence-electron chi connectivity index (χ0n) is 13.8. The van der Waals surface area contributed by atoms with E-state index in [-0.39, 0.29) is 13.2 Å². The zero-order chi connectivity index (χ0) is 18.8. The minimum absolute atomic E-state index is 0.0418. The van der Waals surface area contributed by atoms with Crippen LogP contribution in [0.25, 0.3) is 0 Å². The molecule has 0 spiro atoms. The molecule has 2 aliphatic heterocycles. The Kier molecular flexibility index (Phi) is 4.65. The SMILES string of the molecule is COC(=O)N1CC2[C@@H](NC(=O)COc3ccccc3)C(=O)N2C1C(=O)O. The van der Waals surface area contributed by atoms with Crippen LogP contribution in [0.15, 0.2) is 30.3 Å². The smallest absolute Gasteiger partial charge is 0.411 e. The average molecular weight is 363 g/mol. The van der Waals surface area contributed by atoms with Crippen LogP contribution in [0.2, 0.25) is 0 Å². The number of fused-ring (bicyclic) bond motifs is 1. The first-order chi connectivity index (χ1) is 12.4. The lowest BCUT2D eigenvalue weighted by molar-refractivity contribution is -0.163. The molecule has 2 aliphatic rings. The number of ether oxygens (including phenoxy) is 2. The Morgan fingerprint density at radius 1 is 1.27 bits per heavy atom. The summed E-state index contributed by atoms with van der Waals surface area (Å²) in [6.45, 7) is -0.330. The van der Waals surface area contributed by atoms with Gasteiger partial charge < -0.3 is 24.8 Å². The van der Waals surface area contributed by atoms with Crippen LogP contribution >= 0.6 is 0 Å². The van der Waals surface area contributed by atoms with Crippen LogP contribution < -0.4 is 10.1 Å². The highest BCUT2D eigenvalue weighted by atomic mass is 16.5. The summed E-state index contributed by atoms with van der Waals surface area (Å²) in [5.41, 5.74) is 0. The number of carboxylic acids is 1. The topological polar surface area (TPSA) is 125 Å². The Morgan fingerprint density at radius 2 is 1.96 bits per heavy atom. The van der Waals surface area contributed by atoms with Crippen LogP contribution in [0.3, 0.4) is 0 Å². The highest BCUT2D eigenvalue weighted by Crippen LogP contribution is 2.33. The van der Waals surface area contributed by atoms with Crippen molar-refractivity contribution in [2.45, 2.75) is 18.2 Å². The van der Waals surface area contributed by atoms with Gasteiger partial charge in [-0.05, 0) is 12.1 Å². The highest BCUT2D eigenvalue weighted by Gasteiger charge is 2.61. The summed E-state index contributed by atoms with van der Waals surface area (Å²) in [4.78, 5) is 49.4. The second-order valence-electron chi connectivity index (χ2n) is 5.79. The molecule has 2 heterocycles. The lowest BCUT2D eigenvalue weighted by atomic mass is 9.96. The van der Waals surface area contributed by atoms with Gasteiger partial charge in [0.1, 0.15) is 11.8 Å². The van der Waals surface area contributed by atoms with E-state index < -0.39 is 42.1 Å². The fraction of sp³-hybridized carbons (Fsp3) is 0.375. The van der Waals surface area contributed by atoms with Gasteiger partial charge in [0, 0.05) is 6.54 Å². The standard InChI is InChI=1S/C16H17N3O7/c1-25-16(24)18-7-10-12(14(21)19(10)13(18)15(22)23)17-11(20)8-26-9-5-3-2-4-6-9/h2-6,10,12-13H,7-8H2,1H3,(H,17,20)(H,22,23)/t10?,12-,13?/m1/s1. The number of methoxy groups -OCH3 is 1. The summed E-state index contributed by atoms with van der Waals surface area (Å²) in [5.74, 6) is -1.92. The van der Waals surface area contributed by atoms with Gasteiger partial charge in [-0.1, -0.05) is 18.2 Å². The lowest BCUT2D eigenvalue weighted by Crippen LogP contribution is -2.71. The normalized spacial score (nSPS) is 23.7. The van der Waals surface area contributed by atoms with Gasteiger partial charge in [-0.2, -0.15) is 0 Å². The van der Waals surface area contributed by atoms with E-state index in [1.807, 2.05) is 0 Å². The van der Waals surface area contributed by atoms with E-state index in [4.69, 9.17) is 4.74 Å². The lowest BCUT2D eigenvalue weighted by Gasteiger charge is -2.43. The molecule has 3 amide bonds. The summed E-state index contributed by atoms with van der Waals surface area (Å²) in [6, 6.07) is 7.17. The summed E-state index contributed by atoms with van der Waals surface area (Å²) in [7, 11) is 1.12. The van der Waals surface area contributed by atoms with Crippen LogP contribution in [0.1, 0.15) is 0 Å². The fourth-order valence-electron chi connectivity index (χ4n) is 3.10. The molecule has 2 saturated heterocycles. The first-order valence-corrected chi connectivity index (χ1v) is 7.81. The number of carboxylic acid groups (broad SMARTS) is 1. The first kappa shape index (κ1) is 17.5. The molecule has 0 aromatic heterocycles. The van der Waals surface area contributed by atoms with E-state index in [1.54, 1.807) is 30.3 Å². The summed E-state index contributed by atoms with van der Waals surface area (Å²) < 4.78 is 9.86. The van der Waals surface area contributed by atoms with Crippen molar-refractivity contribution in [2.24, 2.45) is 0 Å². The Morgan fingerprint density at radius 3 is 2.58 bits per heavy atom. The van der Waals surface area contributed by atoms with Gasteiger partial charge in [-0.3, -0.25) is 14.5 Å². The predicted octanol–water partition coefficient (Wildman–Crippen LogP) is -0.746. The average Bonchev–Trinajstić information content (AvgIpc) is 3.01. The number of rotatable bonds is 5. The quantitative estimate of drug-likeness (QED) is 0.660. The zero-order valence-corrected chi connectivity index (χ0v) is 13.8. The van der Waals surface area contributed by atoms with Gasteiger partial charge in [-0.25, -0.2) is 9.59 Å². The van der Waals surface area contributed by atoms with Crippen LogP contribution in [-0.2, 0) is 19.1 Å². The summed E-state index contributed by atoms with van der Waals surface area (Å²) >= 11 is 0. The van der Waals surface area contributed by atoms with Crippen molar-refractivity contribution in [3.05, 3.63) is 30.3 Å². The van der Waals surface area contributed by atoms with E-state index in [2.05, 4.69) is 10.1 Å². The van der Waals surface area contributed by atoms with Gasteiger partial charge in [0.2, 0.25) is 12.1 Å². The molecule has 26 heavy (non-hydrogen) atoms. The van der Waals surface area contributed by atoms with Crippen molar-refractivity contribution in [2.75, 3.05) is 20.3 Å². The number of nitrogens with one attached hydrogen (secondary N) is 1. The highest BCUT2D eigenvalue weighted by molar-refractivity contribution is 5.98. The van der Waals surface area contributed by atoms with E-state index in [0.717, 1.165) is 16.9 Å². The first-order valence-electron chi connectivity index (χ1n) is 7.81. The molecular weight excluding hydrogens is 346 g/mol. The molecular formula is C16H17N3O7. The van der Waals surface area contributed by atoms with Crippen LogP contribution in [0.4, 0.5) is 4.79 Å². The van der Waals surface area contributed by atoms with Crippen molar-refractivity contribution in [1.82, 2.24) is 15.1 Å². The van der Waals surface area contributed by atoms with Crippen molar-refractivity contribution in [1.29, 1.82) is 0 Å². The second kappa shape index (κ2) is 6.90. The molecule has 2 fully saturated rings. The van der Waals surface area contributed by atoms with Crippen molar-refractivity contribution in [3.8, 4) is 5.75 Å². The Bertz CT molecular complexity index is 739. The van der Waals surface area contributed by atoms with Crippen LogP contribution in [0.5, 0.6) is 5.75 Å². The molecule has 138 valence electrons. The summed E-state index contributed by atoms with van der Waals surface area (Å²) in [5, 5.41) is 11.8. The third-order valence-corrected chi connectivity index (χ3v) is 4.26. The van der Waals surface area contributed by atoms with Gasteiger partial charge >= 0.3 is 12.1 Å². The van der Waals surface area contributed by atoms with Gasteiger partial charge in [0.05, 0.1) is 13.2 Å². The molecule has 0 saturated carbocycles. The van der Waals surface area contributed by atoms with Gasteiger partial charge in [0.25, 0.3) is 5.91 Å². The van der Waals surface area contributed by atoms with E-state index in [1.165, 1.54) is 0 Å². The fourth-order valence-corrected chi connectivity index (χ4v) is 3.10. The molecule has 0 bridgehead atoms. The Hall–Kier alpha value is -3.30. The molecule has 3 rings (SSSR count). The molecule has 0 radical (unpaired) electrons. The Labute approximate surface area is 148 Å². The molecule has 10 heteroatoms. The maximum Gasteiger partial charge on any atom is 0.411 e. The van der Waals surface area contributed by atoms with Gasteiger partial charge in [0.15, 0.2) is 6.61 Å². The van der Waals surface area contributed by atoms with Crippen molar-refractivity contribution < 1.29 is 33.8 Å². The number of benzene rings is 1. The molecule has 3 atom stereocenters. The number of hydrogen-bond donors (Lipinski definition) is 2. The molecule has 2 N–H and O–H groups in total. The van der Waals surface area contributed by atoms with E-state index >= 15 is 0 Å². The van der Waals surface area contributed by atoms with Crippen LogP contribution in [-0.4, -0.2) is 77.3 Å². The number of hydrogen-bond acceptors (Lipinski definition) is 6. The molecule has 1 aromatic rings. The van der Waals surface area contributed by atoms with E-state index in [9.17, 15) is 24.3 Å². The summed E-state index contributed by atoms with van der Waals surface area (Å²) in [6.07, 6.45) is -2.29. The van der Waals surface area contributed by atoms with Gasteiger partial charge in [-0.15, -0.1) is 0 Å². The second-order valence-corrected chi connectivity index (χ2v) is 5.79. The molecule has 0 aliphatic carbocycles. The molecule has 1 aromatic carbocycles. The molecule has 2 unspecified atom stereocenters. The minimum Gasteiger partial charge on any atom is -0.484 e. The largest absolute Gasteiger partial charge is 0.484 e. The molecule has 10 nitrogen and oxygen atoms in total. The number of carbonyl (C=O) groups is 4. The Balaban J connectivity index is 1.61. The maximum absolute atomic E-state index is 12.3. The number of amides is 3. The minimum atomic E-state index is -1.44. The number of nitrogens with zero attached hydrogens (tertiary/aromatic N) is 2. The predicted molar refractivity (Wildman–Crippen MR) is 85.0 cm³/mol. The number of carbonyl (C=O) groups excluding carboxylic acids is 3.